The van der Waals surface area contributed by atoms with Crippen molar-refractivity contribution in [1.29, 1.82) is 0 Å². The number of hydrogen-bond acceptors (Lipinski definition) is 7. The molecule has 3 aromatic heterocycles. The lowest BCUT2D eigenvalue weighted by molar-refractivity contribution is 0.101. The van der Waals surface area contributed by atoms with Gasteiger partial charge in [-0.15, -0.1) is 0 Å². The van der Waals surface area contributed by atoms with Crippen molar-refractivity contribution in [3.63, 3.8) is 0 Å². The van der Waals surface area contributed by atoms with Crippen molar-refractivity contribution in [1.82, 2.24) is 23.9 Å². The number of anilines is 1. The summed E-state index contributed by atoms with van der Waals surface area (Å²) in [5, 5.41) is 4.42. The third-order valence-electron chi connectivity index (χ3n) is 7.53. The molecule has 0 amide bonds. The van der Waals surface area contributed by atoms with Crippen molar-refractivity contribution in [2.45, 2.75) is 50.6 Å². The van der Waals surface area contributed by atoms with Crippen LogP contribution in [0.2, 0.25) is 0 Å². The van der Waals surface area contributed by atoms with E-state index in [1.807, 2.05) is 42.5 Å². The molecule has 4 aromatic rings. The molecule has 2 aliphatic rings. The van der Waals surface area contributed by atoms with E-state index in [2.05, 4.69) is 10.1 Å². The van der Waals surface area contributed by atoms with Crippen LogP contribution in [0.25, 0.3) is 28.0 Å². The Morgan fingerprint density at radius 2 is 1.73 bits per heavy atom. The Balaban J connectivity index is 1.43. The van der Waals surface area contributed by atoms with E-state index in [9.17, 15) is 17.8 Å². The quantitative estimate of drug-likeness (QED) is 0.300. The minimum absolute atomic E-state index is 0.178. The van der Waals surface area contributed by atoms with Gasteiger partial charge in [-0.05, 0) is 38.7 Å². The molecule has 11 heteroatoms. The van der Waals surface area contributed by atoms with Crippen LogP contribution in [0.3, 0.4) is 0 Å². The predicted octanol–water partition coefficient (Wildman–Crippen LogP) is 3.76. The zero-order valence-electron chi connectivity index (χ0n) is 20.2. The van der Waals surface area contributed by atoms with Gasteiger partial charge in [-0.1, -0.05) is 36.4 Å². The molecule has 0 radical (unpaired) electrons. The summed E-state index contributed by atoms with van der Waals surface area (Å²) in [6.07, 6.45) is 5.65. The molecule has 3 N–H and O–H groups in total. The number of pyridine rings is 1. The standard InChI is InChI=1S/C26H26N6O4S/c1-15(33)23-24(18-11-19-8-9-20(12-18)32(19)37(34,35)36)30-26-21(14-29-31(26)25(23)27)17-7-10-22(28-13-17)16-5-3-2-4-6-16/h2-7,10,13-14,18-20H,8-9,11-12,27H2,1H3,(H,34,35,36)/t18-,19-,20+. The molecule has 3 atom stereocenters. The van der Waals surface area contributed by atoms with Crippen LogP contribution in [0, 0.1) is 0 Å². The first-order valence-corrected chi connectivity index (χ1v) is 13.6. The van der Waals surface area contributed by atoms with Crippen molar-refractivity contribution in [2.75, 3.05) is 5.73 Å². The van der Waals surface area contributed by atoms with Crippen LogP contribution < -0.4 is 5.73 Å². The summed E-state index contributed by atoms with van der Waals surface area (Å²) < 4.78 is 36.3. The number of fused-ring (bicyclic) bond motifs is 3. The van der Waals surface area contributed by atoms with Gasteiger partial charge in [0.1, 0.15) is 5.82 Å². The van der Waals surface area contributed by atoms with E-state index in [4.69, 9.17) is 10.7 Å². The highest BCUT2D eigenvalue weighted by atomic mass is 32.2. The van der Waals surface area contributed by atoms with Gasteiger partial charge in [0.2, 0.25) is 0 Å². The number of piperidine rings is 1. The molecule has 0 aliphatic carbocycles. The van der Waals surface area contributed by atoms with Crippen LogP contribution >= 0.6 is 0 Å². The van der Waals surface area contributed by atoms with Crippen LogP contribution in [0.5, 0.6) is 0 Å². The Morgan fingerprint density at radius 1 is 1.03 bits per heavy atom. The number of nitrogens with two attached hydrogens (primary N) is 1. The lowest BCUT2D eigenvalue weighted by Gasteiger charge is -2.36. The van der Waals surface area contributed by atoms with Crippen LogP contribution in [-0.2, 0) is 10.3 Å². The number of carbonyl (C=O) groups excluding carboxylic acids is 1. The summed E-state index contributed by atoms with van der Waals surface area (Å²) >= 11 is 0. The molecule has 2 aliphatic heterocycles. The van der Waals surface area contributed by atoms with Gasteiger partial charge in [0.05, 0.1) is 23.1 Å². The molecule has 37 heavy (non-hydrogen) atoms. The minimum atomic E-state index is -4.29. The Hall–Kier alpha value is -3.67. The smallest absolute Gasteiger partial charge is 0.336 e. The van der Waals surface area contributed by atoms with Gasteiger partial charge in [-0.25, -0.2) is 4.98 Å². The summed E-state index contributed by atoms with van der Waals surface area (Å²) in [6.45, 7) is 1.45. The van der Waals surface area contributed by atoms with Crippen molar-refractivity contribution in [3.8, 4) is 22.4 Å². The van der Waals surface area contributed by atoms with Crippen LogP contribution in [0.15, 0.2) is 54.9 Å². The van der Waals surface area contributed by atoms with Gasteiger partial charge in [0, 0.05) is 40.9 Å². The number of Topliss-reactive ketones (excluding diaryl/α,β-unsaturated/α-hetero) is 1. The summed E-state index contributed by atoms with van der Waals surface area (Å²) in [5.41, 5.74) is 11.2. The summed E-state index contributed by atoms with van der Waals surface area (Å²) in [5.74, 6) is -0.197. The van der Waals surface area contributed by atoms with Gasteiger partial charge in [-0.2, -0.15) is 22.3 Å². The molecular weight excluding hydrogens is 492 g/mol. The first-order chi connectivity index (χ1) is 17.7. The van der Waals surface area contributed by atoms with E-state index >= 15 is 0 Å². The van der Waals surface area contributed by atoms with Crippen LogP contribution in [-0.4, -0.2) is 54.7 Å². The Kier molecular flexibility index (Phi) is 5.59. The lowest BCUT2D eigenvalue weighted by atomic mass is 9.86. The molecule has 1 aromatic carbocycles. The second kappa shape index (κ2) is 8.72. The summed E-state index contributed by atoms with van der Waals surface area (Å²) in [6, 6.07) is 13.1. The Bertz CT molecular complexity index is 1600. The van der Waals surface area contributed by atoms with E-state index in [1.54, 1.807) is 12.4 Å². The van der Waals surface area contributed by atoms with Crippen molar-refractivity contribution in [3.05, 3.63) is 66.1 Å². The molecule has 10 nitrogen and oxygen atoms in total. The van der Waals surface area contributed by atoms with Gasteiger partial charge >= 0.3 is 10.3 Å². The Morgan fingerprint density at radius 3 is 2.32 bits per heavy atom. The second-order valence-electron chi connectivity index (χ2n) is 9.77. The van der Waals surface area contributed by atoms with Gasteiger partial charge in [0.15, 0.2) is 11.4 Å². The number of nitrogens with zero attached hydrogens (tertiary/aromatic N) is 5. The molecule has 190 valence electrons. The number of rotatable bonds is 5. The van der Waals surface area contributed by atoms with E-state index in [1.165, 1.54) is 15.7 Å². The van der Waals surface area contributed by atoms with Gasteiger partial charge in [-0.3, -0.25) is 14.3 Å². The highest BCUT2D eigenvalue weighted by Crippen LogP contribution is 2.45. The SMILES string of the molecule is CC(=O)c1c([C@@H]2C[C@H]3CC[C@@H](C2)N3S(=O)(=O)O)nc2c(-c3ccc(-c4ccccc4)nc3)cnn2c1N. The number of benzene rings is 1. The van der Waals surface area contributed by atoms with Crippen molar-refractivity contribution in [2.24, 2.45) is 0 Å². The van der Waals surface area contributed by atoms with E-state index < -0.39 is 10.3 Å². The third-order valence-corrected chi connectivity index (χ3v) is 8.66. The normalized spacial score (nSPS) is 21.9. The number of hydrogen-bond donors (Lipinski definition) is 2. The summed E-state index contributed by atoms with van der Waals surface area (Å²) in [7, 11) is -4.29. The molecule has 0 unspecified atom stereocenters. The number of carbonyl (C=O) groups is 1. The van der Waals surface area contributed by atoms with Crippen LogP contribution in [0.1, 0.15) is 54.6 Å². The maximum atomic E-state index is 12.7. The maximum Gasteiger partial charge on any atom is 0.336 e. The monoisotopic (exact) mass is 518 g/mol. The average Bonchev–Trinajstić information content (AvgIpc) is 3.43. The third kappa shape index (κ3) is 3.99. The molecule has 2 saturated heterocycles. The highest BCUT2D eigenvalue weighted by Gasteiger charge is 2.47. The summed E-state index contributed by atoms with van der Waals surface area (Å²) in [4.78, 5) is 22.2. The highest BCUT2D eigenvalue weighted by molar-refractivity contribution is 7.83. The Labute approximate surface area is 214 Å². The fourth-order valence-electron chi connectivity index (χ4n) is 5.96. The zero-order chi connectivity index (χ0) is 25.9. The molecule has 2 bridgehead atoms. The number of aromatic nitrogens is 4. The maximum absolute atomic E-state index is 12.7. The van der Waals surface area contributed by atoms with E-state index in [0.29, 0.717) is 42.6 Å². The molecule has 0 spiro atoms. The van der Waals surface area contributed by atoms with Crippen molar-refractivity contribution >= 4 is 27.6 Å². The molecule has 5 heterocycles. The molecule has 2 fully saturated rings. The first-order valence-electron chi connectivity index (χ1n) is 12.2. The number of nitrogen functional groups attached to an aromatic ring is 1. The second-order valence-corrected chi connectivity index (χ2v) is 11.1. The zero-order valence-corrected chi connectivity index (χ0v) is 21.0. The molecular formula is C26H26N6O4S. The minimum Gasteiger partial charge on any atom is -0.383 e. The predicted molar refractivity (Wildman–Crippen MR) is 138 cm³/mol. The van der Waals surface area contributed by atoms with Crippen LogP contribution in [0.4, 0.5) is 5.82 Å². The average molecular weight is 519 g/mol. The fraction of sp³-hybridized carbons (Fsp3) is 0.308. The van der Waals surface area contributed by atoms with Gasteiger partial charge < -0.3 is 5.73 Å². The first kappa shape index (κ1) is 23.7. The van der Waals surface area contributed by atoms with Gasteiger partial charge in [0.25, 0.3) is 0 Å². The van der Waals surface area contributed by atoms with E-state index in [0.717, 1.165) is 22.4 Å². The topological polar surface area (TPSA) is 144 Å². The molecule has 0 saturated carbocycles. The molecule has 6 rings (SSSR count). The van der Waals surface area contributed by atoms with Crippen molar-refractivity contribution < 1.29 is 17.8 Å². The van der Waals surface area contributed by atoms with E-state index in [-0.39, 0.29) is 29.6 Å². The largest absolute Gasteiger partial charge is 0.383 e. The lowest BCUT2D eigenvalue weighted by Crippen LogP contribution is -2.45. The fourth-order valence-corrected chi connectivity index (χ4v) is 7.10. The number of ketones is 1.